The number of hydrogen-bond acceptors (Lipinski definition) is 5. The Labute approximate surface area is 126 Å². The molecule has 0 atom stereocenters. The summed E-state index contributed by atoms with van der Waals surface area (Å²) in [6, 6.07) is 0.305. The Balaban J connectivity index is 1.75. The molecule has 8 heteroatoms. The van der Waals surface area contributed by atoms with Crippen molar-refractivity contribution in [3.8, 4) is 0 Å². The zero-order valence-electron chi connectivity index (χ0n) is 12.9. The maximum Gasteiger partial charge on any atom is 0.410 e. The molecule has 7 nitrogen and oxygen atoms in total. The largest absolute Gasteiger partial charge is 0.444 e. The molecule has 0 radical (unpaired) electrons. The van der Waals surface area contributed by atoms with Gasteiger partial charge >= 0.3 is 6.09 Å². The highest BCUT2D eigenvalue weighted by Gasteiger charge is 2.39. The molecule has 0 aromatic rings. The van der Waals surface area contributed by atoms with Crippen LogP contribution in [0.1, 0.15) is 33.6 Å². The number of likely N-dealkylation sites (tertiary alicyclic amines) is 2. The summed E-state index contributed by atoms with van der Waals surface area (Å²) in [5.74, 6) is 0. The van der Waals surface area contributed by atoms with Gasteiger partial charge in [-0.3, -0.25) is 4.90 Å². The molecule has 21 heavy (non-hydrogen) atoms. The van der Waals surface area contributed by atoms with Gasteiger partial charge in [0.1, 0.15) is 5.60 Å². The molecular weight excluding hydrogens is 294 g/mol. The Hall–Kier alpha value is -0.860. The van der Waals surface area contributed by atoms with Gasteiger partial charge in [0.15, 0.2) is 0 Å². The van der Waals surface area contributed by atoms with Crippen molar-refractivity contribution in [2.75, 3.05) is 26.2 Å². The quantitative estimate of drug-likeness (QED) is 0.793. The number of amides is 1. The fourth-order valence-electron chi connectivity index (χ4n) is 2.73. The van der Waals surface area contributed by atoms with Crippen LogP contribution in [-0.2, 0) is 14.8 Å². The second-order valence-corrected chi connectivity index (χ2v) is 8.71. The summed E-state index contributed by atoms with van der Waals surface area (Å²) in [5.41, 5.74) is -0.476. The van der Waals surface area contributed by atoms with Gasteiger partial charge in [-0.1, -0.05) is 0 Å². The molecule has 2 N–H and O–H groups in total. The third-order valence-electron chi connectivity index (χ3n) is 3.97. The van der Waals surface area contributed by atoms with Crippen molar-refractivity contribution >= 4 is 16.1 Å². The molecule has 0 aliphatic carbocycles. The fourth-order valence-corrected chi connectivity index (χ4v) is 3.60. The molecule has 1 amide bonds. The van der Waals surface area contributed by atoms with Crippen LogP contribution in [0.15, 0.2) is 0 Å². The van der Waals surface area contributed by atoms with Crippen LogP contribution in [-0.4, -0.2) is 67.4 Å². The second kappa shape index (κ2) is 5.73. The SMILES string of the molecule is CC(C)(C)OC(=O)N1CC(N2CCC(S(N)(=O)=O)CC2)C1. The lowest BCUT2D eigenvalue weighted by Crippen LogP contribution is -2.63. The molecule has 0 aromatic carbocycles. The van der Waals surface area contributed by atoms with Gasteiger partial charge in [0, 0.05) is 19.1 Å². The van der Waals surface area contributed by atoms with E-state index in [1.165, 1.54) is 0 Å². The smallest absolute Gasteiger partial charge is 0.410 e. The van der Waals surface area contributed by atoms with Gasteiger partial charge < -0.3 is 9.64 Å². The first-order valence-corrected chi connectivity index (χ1v) is 8.91. The van der Waals surface area contributed by atoms with E-state index in [0.717, 1.165) is 0 Å². The molecule has 0 bridgehead atoms. The molecule has 2 aliphatic rings. The number of rotatable bonds is 2. The van der Waals surface area contributed by atoms with Gasteiger partial charge in [0.2, 0.25) is 10.0 Å². The van der Waals surface area contributed by atoms with Gasteiger partial charge in [-0.25, -0.2) is 18.4 Å². The van der Waals surface area contributed by atoms with Gasteiger partial charge in [0.05, 0.1) is 5.25 Å². The average molecular weight is 319 g/mol. The highest BCUT2D eigenvalue weighted by molar-refractivity contribution is 7.89. The summed E-state index contributed by atoms with van der Waals surface area (Å²) in [5, 5.41) is 4.76. The maximum atomic E-state index is 11.8. The summed E-state index contributed by atoms with van der Waals surface area (Å²) < 4.78 is 27.9. The lowest BCUT2D eigenvalue weighted by Gasteiger charge is -2.47. The van der Waals surface area contributed by atoms with Crippen molar-refractivity contribution in [1.82, 2.24) is 9.80 Å². The van der Waals surface area contributed by atoms with Crippen molar-refractivity contribution in [1.29, 1.82) is 0 Å². The predicted molar refractivity (Wildman–Crippen MR) is 79.3 cm³/mol. The van der Waals surface area contributed by atoms with Crippen LogP contribution in [0.3, 0.4) is 0 Å². The summed E-state index contributed by atoms with van der Waals surface area (Å²) in [7, 11) is -3.42. The molecule has 2 saturated heterocycles. The van der Waals surface area contributed by atoms with Crippen molar-refractivity contribution in [2.45, 2.75) is 50.5 Å². The van der Waals surface area contributed by atoms with E-state index in [1.807, 2.05) is 20.8 Å². The number of carbonyl (C=O) groups is 1. The van der Waals surface area contributed by atoms with Crippen LogP contribution in [0.4, 0.5) is 4.79 Å². The Morgan fingerprint density at radius 2 is 1.71 bits per heavy atom. The van der Waals surface area contributed by atoms with Crippen LogP contribution < -0.4 is 5.14 Å². The van der Waals surface area contributed by atoms with Gasteiger partial charge in [-0.2, -0.15) is 0 Å². The van der Waals surface area contributed by atoms with Crippen molar-refractivity contribution < 1.29 is 17.9 Å². The summed E-state index contributed by atoms with van der Waals surface area (Å²) in [6.45, 7) is 8.27. The lowest BCUT2D eigenvalue weighted by atomic mass is 10.0. The van der Waals surface area contributed by atoms with Gasteiger partial charge in [-0.05, 0) is 46.7 Å². The zero-order chi connectivity index (χ0) is 15.8. The van der Waals surface area contributed by atoms with E-state index in [1.54, 1.807) is 4.90 Å². The molecule has 2 aliphatic heterocycles. The zero-order valence-corrected chi connectivity index (χ0v) is 13.7. The number of ether oxygens (including phenoxy) is 1. The molecule has 0 unspecified atom stereocenters. The Kier molecular flexibility index (Phi) is 4.51. The molecule has 0 saturated carbocycles. The fraction of sp³-hybridized carbons (Fsp3) is 0.923. The van der Waals surface area contributed by atoms with Gasteiger partial charge in [0.25, 0.3) is 0 Å². The molecule has 2 fully saturated rings. The van der Waals surface area contributed by atoms with Crippen LogP contribution in [0.5, 0.6) is 0 Å². The van der Waals surface area contributed by atoms with Crippen LogP contribution >= 0.6 is 0 Å². The first-order valence-electron chi connectivity index (χ1n) is 7.30. The minimum atomic E-state index is -3.42. The van der Waals surface area contributed by atoms with Crippen LogP contribution in [0.25, 0.3) is 0 Å². The highest BCUT2D eigenvalue weighted by atomic mass is 32.2. The van der Waals surface area contributed by atoms with E-state index in [2.05, 4.69) is 4.90 Å². The van der Waals surface area contributed by atoms with E-state index < -0.39 is 20.9 Å². The molecule has 2 heterocycles. The first-order chi connectivity index (χ1) is 9.56. The van der Waals surface area contributed by atoms with E-state index in [4.69, 9.17) is 9.88 Å². The number of nitrogens with two attached hydrogens (primary N) is 1. The normalized spacial score (nSPS) is 23.0. The Bertz CT molecular complexity index is 486. The highest BCUT2D eigenvalue weighted by Crippen LogP contribution is 2.23. The standard InChI is InChI=1S/C13H25N3O4S/c1-13(2,3)20-12(17)16-8-10(9-16)15-6-4-11(5-7-15)21(14,18)19/h10-11H,4-9H2,1-3H3,(H2,14,18,19). The number of piperidine rings is 1. The Morgan fingerprint density at radius 3 is 2.14 bits per heavy atom. The molecule has 0 aromatic heterocycles. The first kappa shape index (κ1) is 16.5. The number of carbonyl (C=O) groups excluding carboxylic acids is 1. The van der Waals surface area contributed by atoms with E-state index in [9.17, 15) is 13.2 Å². The van der Waals surface area contributed by atoms with E-state index in [0.29, 0.717) is 45.1 Å². The minimum absolute atomic E-state index is 0.279. The predicted octanol–water partition coefficient (Wildman–Crippen LogP) is 0.359. The number of nitrogens with zero attached hydrogens (tertiary/aromatic N) is 2. The topological polar surface area (TPSA) is 92.9 Å². The number of sulfonamides is 1. The summed E-state index contributed by atoms with van der Waals surface area (Å²) in [4.78, 5) is 15.8. The third-order valence-corrected chi connectivity index (χ3v) is 5.37. The number of hydrogen-bond donors (Lipinski definition) is 1. The lowest BCUT2D eigenvalue weighted by molar-refractivity contribution is -0.0184. The van der Waals surface area contributed by atoms with Crippen LogP contribution in [0.2, 0.25) is 0 Å². The molecule has 122 valence electrons. The molecular formula is C13H25N3O4S. The second-order valence-electron chi connectivity index (χ2n) is 6.86. The molecule has 0 spiro atoms. The van der Waals surface area contributed by atoms with Gasteiger partial charge in [-0.15, -0.1) is 0 Å². The summed E-state index contributed by atoms with van der Waals surface area (Å²) in [6.07, 6.45) is 0.863. The van der Waals surface area contributed by atoms with Crippen molar-refractivity contribution in [3.05, 3.63) is 0 Å². The molecule has 2 rings (SSSR count). The van der Waals surface area contributed by atoms with Crippen LogP contribution in [0, 0.1) is 0 Å². The number of primary sulfonamides is 1. The monoisotopic (exact) mass is 319 g/mol. The Morgan fingerprint density at radius 1 is 1.19 bits per heavy atom. The maximum absolute atomic E-state index is 11.8. The summed E-state index contributed by atoms with van der Waals surface area (Å²) >= 11 is 0. The van der Waals surface area contributed by atoms with E-state index in [-0.39, 0.29) is 6.09 Å². The van der Waals surface area contributed by atoms with Crippen molar-refractivity contribution in [3.63, 3.8) is 0 Å². The average Bonchev–Trinajstić information content (AvgIpc) is 2.23. The minimum Gasteiger partial charge on any atom is -0.444 e. The van der Waals surface area contributed by atoms with E-state index >= 15 is 0 Å². The van der Waals surface area contributed by atoms with Crippen molar-refractivity contribution in [2.24, 2.45) is 5.14 Å². The third kappa shape index (κ3) is 4.31.